The first kappa shape index (κ1) is 14.3. The van der Waals surface area contributed by atoms with E-state index in [1.165, 1.54) is 0 Å². The summed E-state index contributed by atoms with van der Waals surface area (Å²) in [6, 6.07) is 9.16. The van der Waals surface area contributed by atoms with Crippen LogP contribution < -0.4 is 10.1 Å². The van der Waals surface area contributed by atoms with E-state index in [-0.39, 0.29) is 12.5 Å². The van der Waals surface area contributed by atoms with Crippen molar-refractivity contribution in [3.05, 3.63) is 58.9 Å². The van der Waals surface area contributed by atoms with Crippen LogP contribution in [0.15, 0.2) is 42.7 Å². The lowest BCUT2D eigenvalue weighted by molar-refractivity contribution is -0.123. The Balaban J connectivity index is 1.82. The summed E-state index contributed by atoms with van der Waals surface area (Å²) in [5.41, 5.74) is 1.97. The molecule has 0 bridgehead atoms. The number of hydrogen-bond donors (Lipinski definition) is 1. The van der Waals surface area contributed by atoms with Gasteiger partial charge in [-0.2, -0.15) is 0 Å². The van der Waals surface area contributed by atoms with Gasteiger partial charge in [0.25, 0.3) is 5.91 Å². The van der Waals surface area contributed by atoms with Gasteiger partial charge in [-0.05, 0) is 36.2 Å². The van der Waals surface area contributed by atoms with Gasteiger partial charge in [-0.1, -0.05) is 23.7 Å². The van der Waals surface area contributed by atoms with E-state index in [2.05, 4.69) is 10.3 Å². The highest BCUT2D eigenvalue weighted by Crippen LogP contribution is 2.24. The van der Waals surface area contributed by atoms with Crippen LogP contribution in [0.2, 0.25) is 5.02 Å². The lowest BCUT2D eigenvalue weighted by atomic mass is 10.2. The van der Waals surface area contributed by atoms with E-state index in [1.807, 2.05) is 25.1 Å². The highest BCUT2D eigenvalue weighted by atomic mass is 35.5. The molecule has 0 saturated heterocycles. The standard InChI is InChI=1S/C15H15ClN2O2/c1-11-4-5-13(16)14(7-11)20-10-15(19)18-9-12-3-2-6-17-8-12/h2-8H,9-10H2,1H3,(H,18,19). The van der Waals surface area contributed by atoms with Crippen molar-refractivity contribution >= 4 is 17.5 Å². The molecule has 0 aliphatic heterocycles. The number of benzene rings is 1. The molecule has 2 rings (SSSR count). The zero-order chi connectivity index (χ0) is 14.4. The van der Waals surface area contributed by atoms with E-state index in [4.69, 9.17) is 16.3 Å². The zero-order valence-electron chi connectivity index (χ0n) is 11.1. The first-order valence-electron chi connectivity index (χ1n) is 6.20. The van der Waals surface area contributed by atoms with E-state index in [0.29, 0.717) is 17.3 Å². The van der Waals surface area contributed by atoms with Crippen molar-refractivity contribution in [2.24, 2.45) is 0 Å². The number of halogens is 1. The molecular weight excluding hydrogens is 276 g/mol. The number of amides is 1. The second kappa shape index (κ2) is 6.91. The van der Waals surface area contributed by atoms with Crippen LogP contribution in [-0.2, 0) is 11.3 Å². The third-order valence-corrected chi connectivity index (χ3v) is 2.97. The maximum atomic E-state index is 11.7. The molecule has 0 aliphatic carbocycles. The Kier molecular flexibility index (Phi) is 4.96. The van der Waals surface area contributed by atoms with Crippen LogP contribution in [-0.4, -0.2) is 17.5 Å². The molecule has 20 heavy (non-hydrogen) atoms. The average Bonchev–Trinajstić information content (AvgIpc) is 2.47. The van der Waals surface area contributed by atoms with Gasteiger partial charge in [-0.15, -0.1) is 0 Å². The molecule has 0 atom stereocenters. The van der Waals surface area contributed by atoms with Crippen LogP contribution >= 0.6 is 11.6 Å². The SMILES string of the molecule is Cc1ccc(Cl)c(OCC(=O)NCc2cccnc2)c1. The highest BCUT2D eigenvalue weighted by molar-refractivity contribution is 6.32. The second-order valence-corrected chi connectivity index (χ2v) is 4.77. The van der Waals surface area contributed by atoms with Crippen molar-refractivity contribution < 1.29 is 9.53 Å². The average molecular weight is 291 g/mol. The maximum absolute atomic E-state index is 11.7. The molecule has 2 aromatic rings. The second-order valence-electron chi connectivity index (χ2n) is 4.36. The summed E-state index contributed by atoms with van der Waals surface area (Å²) in [7, 11) is 0. The molecule has 1 heterocycles. The monoisotopic (exact) mass is 290 g/mol. The largest absolute Gasteiger partial charge is 0.482 e. The molecule has 0 fully saturated rings. The van der Waals surface area contributed by atoms with Crippen molar-refractivity contribution in [1.82, 2.24) is 10.3 Å². The van der Waals surface area contributed by atoms with Crippen LogP contribution in [0.5, 0.6) is 5.75 Å². The van der Waals surface area contributed by atoms with Gasteiger partial charge in [-0.3, -0.25) is 9.78 Å². The van der Waals surface area contributed by atoms with Crippen LogP contribution in [0.25, 0.3) is 0 Å². The fourth-order valence-corrected chi connectivity index (χ4v) is 1.79. The first-order chi connectivity index (χ1) is 9.65. The minimum atomic E-state index is -0.202. The van der Waals surface area contributed by atoms with E-state index in [9.17, 15) is 4.79 Å². The summed E-state index contributed by atoms with van der Waals surface area (Å²) < 4.78 is 5.41. The van der Waals surface area contributed by atoms with Crippen molar-refractivity contribution in [2.75, 3.05) is 6.61 Å². The third kappa shape index (κ3) is 4.24. The Morgan fingerprint density at radius 1 is 1.40 bits per heavy atom. The number of ether oxygens (including phenoxy) is 1. The van der Waals surface area contributed by atoms with E-state index >= 15 is 0 Å². The lowest BCUT2D eigenvalue weighted by Crippen LogP contribution is -2.28. The topological polar surface area (TPSA) is 51.2 Å². The maximum Gasteiger partial charge on any atom is 0.258 e. The Bertz CT molecular complexity index is 588. The van der Waals surface area contributed by atoms with Crippen LogP contribution in [0.4, 0.5) is 0 Å². The van der Waals surface area contributed by atoms with Gasteiger partial charge in [0.05, 0.1) is 5.02 Å². The fourth-order valence-electron chi connectivity index (χ4n) is 1.62. The molecule has 1 N–H and O–H groups in total. The van der Waals surface area contributed by atoms with Crippen molar-refractivity contribution in [3.8, 4) is 5.75 Å². The number of rotatable bonds is 5. The predicted octanol–water partition coefficient (Wildman–Crippen LogP) is 2.74. The van der Waals surface area contributed by atoms with Gasteiger partial charge in [0.15, 0.2) is 6.61 Å². The third-order valence-electron chi connectivity index (χ3n) is 2.66. The quantitative estimate of drug-likeness (QED) is 0.921. The number of carbonyl (C=O) groups excluding carboxylic acids is 1. The lowest BCUT2D eigenvalue weighted by Gasteiger charge is -2.09. The summed E-state index contributed by atoms with van der Waals surface area (Å²) in [5, 5.41) is 3.25. The molecule has 104 valence electrons. The minimum absolute atomic E-state index is 0.0660. The minimum Gasteiger partial charge on any atom is -0.482 e. The summed E-state index contributed by atoms with van der Waals surface area (Å²) in [4.78, 5) is 15.7. The molecule has 0 spiro atoms. The Morgan fingerprint density at radius 2 is 2.25 bits per heavy atom. The van der Waals surface area contributed by atoms with Gasteiger partial charge in [0.2, 0.25) is 0 Å². The van der Waals surface area contributed by atoms with Crippen LogP contribution in [0, 0.1) is 6.92 Å². The summed E-state index contributed by atoms with van der Waals surface area (Å²) in [5.74, 6) is 0.314. The number of carbonyl (C=O) groups is 1. The van der Waals surface area contributed by atoms with Gasteiger partial charge in [0, 0.05) is 18.9 Å². The highest BCUT2D eigenvalue weighted by Gasteiger charge is 2.06. The normalized spacial score (nSPS) is 10.1. The molecule has 0 saturated carbocycles. The Labute approximate surface area is 122 Å². The van der Waals surface area contributed by atoms with E-state index in [0.717, 1.165) is 11.1 Å². The molecule has 1 aromatic heterocycles. The van der Waals surface area contributed by atoms with Crippen LogP contribution in [0.3, 0.4) is 0 Å². The zero-order valence-corrected chi connectivity index (χ0v) is 11.9. The van der Waals surface area contributed by atoms with Gasteiger partial charge < -0.3 is 10.1 Å². The van der Waals surface area contributed by atoms with Crippen LogP contribution in [0.1, 0.15) is 11.1 Å². The number of hydrogen-bond acceptors (Lipinski definition) is 3. The molecule has 1 aromatic carbocycles. The smallest absolute Gasteiger partial charge is 0.258 e. The van der Waals surface area contributed by atoms with E-state index < -0.39 is 0 Å². The number of nitrogens with one attached hydrogen (secondary N) is 1. The molecule has 0 radical (unpaired) electrons. The number of pyridine rings is 1. The molecule has 4 nitrogen and oxygen atoms in total. The Morgan fingerprint density at radius 3 is 3.00 bits per heavy atom. The molecule has 0 unspecified atom stereocenters. The van der Waals surface area contributed by atoms with Crippen molar-refractivity contribution in [1.29, 1.82) is 0 Å². The summed E-state index contributed by atoms with van der Waals surface area (Å²) in [6.45, 7) is 2.30. The van der Waals surface area contributed by atoms with Gasteiger partial charge in [0.1, 0.15) is 5.75 Å². The molecule has 1 amide bonds. The van der Waals surface area contributed by atoms with Crippen molar-refractivity contribution in [3.63, 3.8) is 0 Å². The van der Waals surface area contributed by atoms with Gasteiger partial charge in [-0.25, -0.2) is 0 Å². The van der Waals surface area contributed by atoms with E-state index in [1.54, 1.807) is 24.5 Å². The number of nitrogens with zero attached hydrogens (tertiary/aromatic N) is 1. The number of aromatic nitrogens is 1. The molecule has 0 aliphatic rings. The fraction of sp³-hybridized carbons (Fsp3) is 0.200. The van der Waals surface area contributed by atoms with Gasteiger partial charge >= 0.3 is 0 Å². The van der Waals surface area contributed by atoms with Crippen molar-refractivity contribution in [2.45, 2.75) is 13.5 Å². The molecular formula is C15H15ClN2O2. The summed E-state index contributed by atoms with van der Waals surface area (Å²) >= 11 is 5.99. The first-order valence-corrected chi connectivity index (χ1v) is 6.57. The summed E-state index contributed by atoms with van der Waals surface area (Å²) in [6.07, 6.45) is 3.40. The number of aryl methyl sites for hydroxylation is 1. The predicted molar refractivity (Wildman–Crippen MR) is 77.8 cm³/mol. The molecule has 5 heteroatoms. The Hall–Kier alpha value is -2.07.